The fourth-order valence-electron chi connectivity index (χ4n) is 5.79. The van der Waals surface area contributed by atoms with Gasteiger partial charge in [-0.1, -0.05) is 24.3 Å². The zero-order chi connectivity index (χ0) is 39.2. The summed E-state index contributed by atoms with van der Waals surface area (Å²) in [5, 5.41) is 28.2. The Morgan fingerprint density at radius 1 is 0.727 bits per heavy atom. The Morgan fingerprint density at radius 2 is 1.24 bits per heavy atom. The van der Waals surface area contributed by atoms with Gasteiger partial charge in [-0.2, -0.15) is 4.99 Å². The number of anilines is 4. The zero-order valence-corrected chi connectivity index (χ0v) is 31.9. The number of urea groups is 2. The summed E-state index contributed by atoms with van der Waals surface area (Å²) < 4.78 is 4.81. The summed E-state index contributed by atoms with van der Waals surface area (Å²) in [4.78, 5) is 42.3. The van der Waals surface area contributed by atoms with E-state index in [1.807, 2.05) is 12.1 Å². The lowest BCUT2D eigenvalue weighted by atomic mass is 10.1. The van der Waals surface area contributed by atoms with E-state index in [0.717, 1.165) is 17.8 Å². The van der Waals surface area contributed by atoms with E-state index in [4.69, 9.17) is 34.4 Å². The molecule has 0 saturated carbocycles. The van der Waals surface area contributed by atoms with Crippen LogP contribution in [-0.4, -0.2) is 78.4 Å². The van der Waals surface area contributed by atoms with E-state index in [1.54, 1.807) is 78.7 Å². The molecular weight excluding hydrogens is 737 g/mol. The van der Waals surface area contributed by atoms with Crippen molar-refractivity contribution < 1.29 is 19.1 Å². The highest BCUT2D eigenvalue weighted by atomic mass is 32.1. The van der Waals surface area contributed by atoms with Crippen LogP contribution in [0, 0.1) is 11.5 Å². The summed E-state index contributed by atoms with van der Waals surface area (Å²) in [5.41, 5.74) is 7.98. The van der Waals surface area contributed by atoms with Crippen LogP contribution in [0.15, 0.2) is 89.9 Å². The van der Waals surface area contributed by atoms with Gasteiger partial charge >= 0.3 is 12.1 Å². The molecule has 4 aromatic rings. The average molecular weight is 777 g/mol. The standard InChI is InChI=1S/C39H40N10O4S2/c1-48(38(51)46-29-8-3-7-28(22-29)43-25-50)17-5-15-41-36(54)44-31-11-13-34-26(20-31)19-27-21-32(12-14-35(27)34)45-37(55)42-16-6-18-49(2)39(52)47-30-9-4-10-33(23-30)53-24-40/h3-4,7-14,20-23H,5-6,15-19H2,1-2H3,(H,46,51)(H,47,52)(H2,41,44,54)(H2,42,45,55). The number of carbonyl (C=O) groups excluding carboxylic acids is 3. The first kappa shape index (κ1) is 39.7. The molecule has 0 radical (unpaired) electrons. The molecule has 1 aliphatic rings. The van der Waals surface area contributed by atoms with Gasteiger partial charge in [0.15, 0.2) is 10.2 Å². The van der Waals surface area contributed by atoms with Gasteiger partial charge < -0.3 is 46.4 Å². The second-order valence-corrected chi connectivity index (χ2v) is 13.4. The van der Waals surface area contributed by atoms with Crippen LogP contribution in [0.1, 0.15) is 24.0 Å². The maximum Gasteiger partial charge on any atom is 0.321 e. The van der Waals surface area contributed by atoms with Gasteiger partial charge in [0.2, 0.25) is 6.08 Å². The Kier molecular flexibility index (Phi) is 14.1. The minimum Gasteiger partial charge on any atom is -0.388 e. The van der Waals surface area contributed by atoms with Gasteiger partial charge in [0.25, 0.3) is 6.26 Å². The molecule has 0 spiro atoms. The van der Waals surface area contributed by atoms with Gasteiger partial charge in [-0.3, -0.25) is 0 Å². The number of isocyanates is 1. The first-order chi connectivity index (χ1) is 26.6. The minimum absolute atomic E-state index is 0.273. The number of nitrogens with zero attached hydrogens (tertiary/aromatic N) is 4. The van der Waals surface area contributed by atoms with Gasteiger partial charge in [-0.05, 0) is 121 Å². The number of benzene rings is 4. The van der Waals surface area contributed by atoms with E-state index in [2.05, 4.69) is 61.2 Å². The maximum absolute atomic E-state index is 12.6. The number of thiocarbonyl (C=S) groups is 2. The Balaban J connectivity index is 0.996. The van der Waals surface area contributed by atoms with Crippen molar-refractivity contribution in [1.29, 1.82) is 5.26 Å². The molecule has 5 rings (SSSR count). The summed E-state index contributed by atoms with van der Waals surface area (Å²) in [7, 11) is 3.42. The van der Waals surface area contributed by atoms with Gasteiger partial charge in [0.05, 0.1) is 5.69 Å². The summed E-state index contributed by atoms with van der Waals surface area (Å²) in [6, 6.07) is 25.2. The largest absolute Gasteiger partial charge is 0.388 e. The smallest absolute Gasteiger partial charge is 0.321 e. The lowest BCUT2D eigenvalue weighted by molar-refractivity contribution is 0.221. The van der Waals surface area contributed by atoms with Crippen LogP contribution in [-0.2, 0) is 11.2 Å². The molecule has 0 heterocycles. The molecule has 0 aromatic heterocycles. The first-order valence-corrected chi connectivity index (χ1v) is 18.2. The summed E-state index contributed by atoms with van der Waals surface area (Å²) in [6.07, 6.45) is 5.22. The number of ether oxygens (including phenoxy) is 1. The molecule has 6 N–H and O–H groups in total. The van der Waals surface area contributed by atoms with Crippen molar-refractivity contribution in [2.45, 2.75) is 19.3 Å². The fraction of sp³-hybridized carbons (Fsp3) is 0.231. The van der Waals surface area contributed by atoms with Crippen molar-refractivity contribution in [2.24, 2.45) is 4.99 Å². The monoisotopic (exact) mass is 776 g/mol. The summed E-state index contributed by atoms with van der Waals surface area (Å²) >= 11 is 11.1. The number of rotatable bonds is 14. The molecule has 0 saturated heterocycles. The van der Waals surface area contributed by atoms with E-state index in [0.29, 0.717) is 72.1 Å². The lowest BCUT2D eigenvalue weighted by Gasteiger charge is -2.18. The Bertz CT molecular complexity index is 2150. The van der Waals surface area contributed by atoms with Gasteiger partial charge in [0, 0.05) is 69.1 Å². The lowest BCUT2D eigenvalue weighted by Crippen LogP contribution is -2.35. The van der Waals surface area contributed by atoms with Crippen molar-refractivity contribution in [3.8, 4) is 23.1 Å². The number of fused-ring (bicyclic) bond motifs is 3. The number of hydrogen-bond donors (Lipinski definition) is 6. The SMILES string of the molecule is CN(CCCNC(=S)Nc1ccc2c(c1)Cc1cc(NC(=S)NCCCN(C)C(=O)Nc3cccc(OC#N)c3)ccc1-2)C(=O)Nc1cccc(N=C=O)c1. The van der Waals surface area contributed by atoms with Crippen LogP contribution in [0.5, 0.6) is 5.75 Å². The van der Waals surface area contributed by atoms with Crippen molar-refractivity contribution in [2.75, 3.05) is 61.5 Å². The molecule has 16 heteroatoms. The highest BCUT2D eigenvalue weighted by molar-refractivity contribution is 7.80. The van der Waals surface area contributed by atoms with Crippen LogP contribution in [0.2, 0.25) is 0 Å². The molecule has 14 nitrogen and oxygen atoms in total. The predicted molar refractivity (Wildman–Crippen MR) is 223 cm³/mol. The Labute approximate surface area is 329 Å². The van der Waals surface area contributed by atoms with Crippen molar-refractivity contribution in [1.82, 2.24) is 20.4 Å². The fourth-order valence-corrected chi connectivity index (χ4v) is 6.23. The Hall–Kier alpha value is -6.53. The summed E-state index contributed by atoms with van der Waals surface area (Å²) in [6.45, 7) is 2.15. The quantitative estimate of drug-likeness (QED) is 0.0231. The van der Waals surface area contributed by atoms with Crippen molar-refractivity contribution in [3.05, 3.63) is 96.1 Å². The highest BCUT2D eigenvalue weighted by Crippen LogP contribution is 2.39. The third kappa shape index (κ3) is 11.7. The number of carbonyl (C=O) groups is 2. The van der Waals surface area contributed by atoms with E-state index in [-0.39, 0.29) is 12.1 Å². The maximum atomic E-state index is 12.6. The third-order valence-corrected chi connectivity index (χ3v) is 9.02. The number of nitriles is 1. The van der Waals surface area contributed by atoms with E-state index >= 15 is 0 Å². The second kappa shape index (κ2) is 19.5. The number of nitrogens with one attached hydrogen (secondary N) is 6. The van der Waals surface area contributed by atoms with Crippen molar-refractivity contribution in [3.63, 3.8) is 0 Å². The van der Waals surface area contributed by atoms with E-state index < -0.39 is 0 Å². The minimum atomic E-state index is -0.275. The molecule has 0 bridgehead atoms. The number of hydrogen-bond acceptors (Lipinski definition) is 8. The number of aliphatic imine (C=N–C) groups is 1. The highest BCUT2D eigenvalue weighted by Gasteiger charge is 2.20. The zero-order valence-electron chi connectivity index (χ0n) is 30.3. The molecule has 0 fully saturated rings. The number of amides is 4. The van der Waals surface area contributed by atoms with Crippen LogP contribution in [0.3, 0.4) is 0 Å². The molecule has 4 aromatic carbocycles. The van der Waals surface area contributed by atoms with Gasteiger partial charge in [0.1, 0.15) is 5.75 Å². The molecule has 0 aliphatic heterocycles. The normalized spacial score (nSPS) is 10.6. The summed E-state index contributed by atoms with van der Waals surface area (Å²) in [5.74, 6) is 0.353. The predicted octanol–water partition coefficient (Wildman–Crippen LogP) is 6.77. The van der Waals surface area contributed by atoms with Gasteiger partial charge in [-0.25, -0.2) is 14.4 Å². The van der Waals surface area contributed by atoms with Crippen LogP contribution < -0.4 is 36.6 Å². The van der Waals surface area contributed by atoms with E-state index in [1.165, 1.54) is 28.3 Å². The molecule has 55 heavy (non-hydrogen) atoms. The third-order valence-electron chi connectivity index (χ3n) is 8.52. The van der Waals surface area contributed by atoms with Crippen LogP contribution in [0.4, 0.5) is 38.0 Å². The first-order valence-electron chi connectivity index (χ1n) is 17.4. The van der Waals surface area contributed by atoms with Crippen molar-refractivity contribution >= 4 is 81.2 Å². The Morgan fingerprint density at radius 3 is 1.76 bits per heavy atom. The topological polar surface area (TPSA) is 175 Å². The van der Waals surface area contributed by atoms with Gasteiger partial charge in [-0.15, -0.1) is 5.26 Å². The van der Waals surface area contributed by atoms with Crippen LogP contribution in [0.25, 0.3) is 11.1 Å². The molecule has 282 valence electrons. The molecular formula is C39H40N10O4S2. The molecule has 1 aliphatic carbocycles. The average Bonchev–Trinajstić information content (AvgIpc) is 3.52. The van der Waals surface area contributed by atoms with E-state index in [9.17, 15) is 14.4 Å². The molecule has 0 unspecified atom stereocenters. The van der Waals surface area contributed by atoms with Crippen LogP contribution >= 0.6 is 24.4 Å². The molecule has 0 atom stereocenters. The molecule has 4 amide bonds. The second-order valence-electron chi connectivity index (χ2n) is 12.6.